The van der Waals surface area contributed by atoms with E-state index in [9.17, 15) is 10.1 Å². The molecule has 2 unspecified atom stereocenters. The average molecular weight is 244 g/mol. The Hall–Kier alpha value is -1.20. The van der Waals surface area contributed by atoms with Crippen molar-refractivity contribution in [2.45, 2.75) is 32.2 Å². The molecule has 0 aliphatic heterocycles. The highest BCUT2D eigenvalue weighted by atomic mass is 35.5. The Morgan fingerprint density at radius 1 is 1.69 bits per heavy atom. The van der Waals surface area contributed by atoms with Crippen LogP contribution in [-0.4, -0.2) is 15.9 Å². The fourth-order valence-electron chi connectivity index (χ4n) is 1.49. The molecule has 0 radical (unpaired) electrons. The predicted octanol–water partition coefficient (Wildman–Crippen LogP) is 2.48. The predicted molar refractivity (Wildman–Crippen MR) is 62.6 cm³/mol. The summed E-state index contributed by atoms with van der Waals surface area (Å²) >= 11 is 5.68. The lowest BCUT2D eigenvalue weighted by molar-refractivity contribution is -0.386. The van der Waals surface area contributed by atoms with Gasteiger partial charge in [-0.05, 0) is 6.42 Å². The molecule has 0 spiro atoms. The molecule has 5 nitrogen and oxygen atoms in total. The third-order valence-electron chi connectivity index (χ3n) is 2.61. The normalized spacial score (nSPS) is 14.5. The van der Waals surface area contributed by atoms with Gasteiger partial charge >= 0.3 is 0 Å². The molecule has 0 aromatic carbocycles. The van der Waals surface area contributed by atoms with E-state index in [-0.39, 0.29) is 22.7 Å². The van der Waals surface area contributed by atoms with Crippen molar-refractivity contribution >= 4 is 17.3 Å². The Bertz CT molecular complexity index is 398. The molecule has 0 bridgehead atoms. The minimum atomic E-state index is -0.479. The fraction of sp³-hybridized carbons (Fsp3) is 0.500. The van der Waals surface area contributed by atoms with Gasteiger partial charge in [-0.3, -0.25) is 15.1 Å². The van der Waals surface area contributed by atoms with Crippen molar-refractivity contribution in [2.24, 2.45) is 5.73 Å². The van der Waals surface area contributed by atoms with Crippen molar-refractivity contribution in [2.75, 3.05) is 0 Å². The quantitative estimate of drug-likeness (QED) is 0.651. The summed E-state index contributed by atoms with van der Waals surface area (Å²) in [6.07, 6.45) is 2.14. The molecule has 1 aromatic heterocycles. The van der Waals surface area contributed by atoms with Crippen LogP contribution in [0.3, 0.4) is 0 Å². The zero-order valence-electron chi connectivity index (χ0n) is 9.18. The van der Waals surface area contributed by atoms with Gasteiger partial charge in [0, 0.05) is 24.2 Å². The Kier molecular flexibility index (Phi) is 4.20. The third kappa shape index (κ3) is 2.68. The maximum atomic E-state index is 10.9. The smallest absolute Gasteiger partial charge is 0.292 e. The second-order valence-corrected chi connectivity index (χ2v) is 4.11. The van der Waals surface area contributed by atoms with Crippen molar-refractivity contribution in [3.8, 4) is 0 Å². The van der Waals surface area contributed by atoms with E-state index in [1.807, 2.05) is 13.8 Å². The molecule has 0 fully saturated rings. The summed E-state index contributed by atoms with van der Waals surface area (Å²) in [5.41, 5.74) is 6.19. The van der Waals surface area contributed by atoms with Crippen LogP contribution in [-0.2, 0) is 0 Å². The van der Waals surface area contributed by atoms with Crippen molar-refractivity contribution in [3.05, 3.63) is 33.1 Å². The first-order valence-electron chi connectivity index (χ1n) is 5.02. The Morgan fingerprint density at radius 2 is 2.31 bits per heavy atom. The highest BCUT2D eigenvalue weighted by molar-refractivity contribution is 6.30. The van der Waals surface area contributed by atoms with Gasteiger partial charge in [-0.15, -0.1) is 0 Å². The van der Waals surface area contributed by atoms with Gasteiger partial charge in [-0.25, -0.2) is 0 Å². The maximum absolute atomic E-state index is 10.9. The van der Waals surface area contributed by atoms with Gasteiger partial charge in [0.15, 0.2) is 0 Å². The van der Waals surface area contributed by atoms with E-state index in [1.165, 1.54) is 12.3 Å². The molecule has 1 aromatic rings. The Balaban J connectivity index is 3.17. The Morgan fingerprint density at radius 3 is 2.81 bits per heavy atom. The summed E-state index contributed by atoms with van der Waals surface area (Å²) in [7, 11) is 0. The summed E-state index contributed by atoms with van der Waals surface area (Å²) in [5.74, 6) is -0.164. The van der Waals surface area contributed by atoms with E-state index < -0.39 is 4.92 Å². The number of nitrogens with zero attached hydrogens (tertiary/aromatic N) is 2. The van der Waals surface area contributed by atoms with Gasteiger partial charge in [0.2, 0.25) is 0 Å². The number of nitro groups is 1. The first-order valence-corrected chi connectivity index (χ1v) is 5.40. The topological polar surface area (TPSA) is 82.0 Å². The van der Waals surface area contributed by atoms with Crippen LogP contribution in [0.1, 0.15) is 31.9 Å². The van der Waals surface area contributed by atoms with E-state index in [4.69, 9.17) is 17.3 Å². The lowest BCUT2D eigenvalue weighted by Gasteiger charge is -2.17. The van der Waals surface area contributed by atoms with Crippen molar-refractivity contribution < 1.29 is 4.92 Å². The van der Waals surface area contributed by atoms with Gasteiger partial charge < -0.3 is 5.73 Å². The Labute approximate surface area is 98.8 Å². The van der Waals surface area contributed by atoms with Crippen LogP contribution in [0, 0.1) is 10.1 Å². The number of rotatable bonds is 4. The monoisotopic (exact) mass is 243 g/mol. The van der Waals surface area contributed by atoms with E-state index >= 15 is 0 Å². The summed E-state index contributed by atoms with van der Waals surface area (Å²) in [6, 6.07) is 1.16. The number of halogens is 1. The van der Waals surface area contributed by atoms with Crippen LogP contribution >= 0.6 is 11.6 Å². The van der Waals surface area contributed by atoms with Crippen molar-refractivity contribution in [1.82, 2.24) is 4.98 Å². The SMILES string of the molecule is CCC(N)C(C)c1ncc(Cl)cc1[N+](=O)[O-]. The van der Waals surface area contributed by atoms with Gasteiger partial charge in [-0.1, -0.05) is 25.4 Å². The van der Waals surface area contributed by atoms with Crippen LogP contribution in [0.5, 0.6) is 0 Å². The van der Waals surface area contributed by atoms with Crippen molar-refractivity contribution in [1.29, 1.82) is 0 Å². The van der Waals surface area contributed by atoms with Crippen LogP contribution in [0.25, 0.3) is 0 Å². The molecule has 6 heteroatoms. The van der Waals surface area contributed by atoms with Gasteiger partial charge in [-0.2, -0.15) is 0 Å². The number of aromatic nitrogens is 1. The van der Waals surface area contributed by atoms with Crippen LogP contribution < -0.4 is 5.73 Å². The summed E-state index contributed by atoms with van der Waals surface area (Å²) in [6.45, 7) is 3.76. The molecule has 1 heterocycles. The van der Waals surface area contributed by atoms with E-state index in [0.29, 0.717) is 5.69 Å². The number of hydrogen-bond donors (Lipinski definition) is 1. The molecule has 88 valence electrons. The summed E-state index contributed by atoms with van der Waals surface area (Å²) < 4.78 is 0. The number of hydrogen-bond acceptors (Lipinski definition) is 4. The largest absolute Gasteiger partial charge is 0.327 e. The standard InChI is InChI=1S/C10H14ClN3O2/c1-3-8(12)6(2)10-9(14(15)16)4-7(11)5-13-10/h4-6,8H,3,12H2,1-2H3. The van der Waals surface area contributed by atoms with Crippen LogP contribution in [0.15, 0.2) is 12.3 Å². The van der Waals surface area contributed by atoms with E-state index in [2.05, 4.69) is 4.98 Å². The minimum Gasteiger partial charge on any atom is -0.327 e. The first kappa shape index (κ1) is 12.9. The van der Waals surface area contributed by atoms with Gasteiger partial charge in [0.1, 0.15) is 5.69 Å². The second kappa shape index (κ2) is 5.23. The van der Waals surface area contributed by atoms with Crippen LogP contribution in [0.2, 0.25) is 5.02 Å². The van der Waals surface area contributed by atoms with E-state index in [0.717, 1.165) is 6.42 Å². The molecule has 0 amide bonds. The molecule has 0 aliphatic carbocycles. The molecule has 0 saturated carbocycles. The first-order chi connectivity index (χ1) is 7.47. The molecule has 0 aliphatic rings. The molecular weight excluding hydrogens is 230 g/mol. The zero-order valence-corrected chi connectivity index (χ0v) is 9.94. The maximum Gasteiger partial charge on any atom is 0.292 e. The third-order valence-corrected chi connectivity index (χ3v) is 2.81. The number of pyridine rings is 1. The molecule has 2 N–H and O–H groups in total. The second-order valence-electron chi connectivity index (χ2n) is 3.68. The number of nitrogens with two attached hydrogens (primary N) is 1. The molecular formula is C10H14ClN3O2. The summed E-state index contributed by atoms with van der Waals surface area (Å²) in [4.78, 5) is 14.4. The van der Waals surface area contributed by atoms with Gasteiger partial charge in [0.05, 0.1) is 9.95 Å². The minimum absolute atomic E-state index is 0.0658. The van der Waals surface area contributed by atoms with Crippen LogP contribution in [0.4, 0.5) is 5.69 Å². The molecule has 2 atom stereocenters. The van der Waals surface area contributed by atoms with Crippen molar-refractivity contribution in [3.63, 3.8) is 0 Å². The lowest BCUT2D eigenvalue weighted by Crippen LogP contribution is -2.26. The molecule has 16 heavy (non-hydrogen) atoms. The highest BCUT2D eigenvalue weighted by Crippen LogP contribution is 2.29. The van der Waals surface area contributed by atoms with E-state index in [1.54, 1.807) is 0 Å². The lowest BCUT2D eigenvalue weighted by atomic mass is 9.95. The molecule has 0 saturated heterocycles. The summed E-state index contributed by atoms with van der Waals surface area (Å²) in [5, 5.41) is 11.1. The fourth-order valence-corrected chi connectivity index (χ4v) is 1.64. The average Bonchev–Trinajstić information content (AvgIpc) is 2.26. The highest BCUT2D eigenvalue weighted by Gasteiger charge is 2.24. The zero-order chi connectivity index (χ0) is 12.3. The molecule has 1 rings (SSSR count). The van der Waals surface area contributed by atoms with Gasteiger partial charge in [0.25, 0.3) is 5.69 Å².